The minimum Gasteiger partial charge on any atom is -0.464 e. The highest BCUT2D eigenvalue weighted by molar-refractivity contribution is 9.10. The molecule has 0 bridgehead atoms. The highest BCUT2D eigenvalue weighted by atomic mass is 79.9. The van der Waals surface area contributed by atoms with Gasteiger partial charge in [-0.3, -0.25) is 0 Å². The fourth-order valence-electron chi connectivity index (χ4n) is 2.54. The summed E-state index contributed by atoms with van der Waals surface area (Å²) in [7, 11) is 0. The van der Waals surface area contributed by atoms with Gasteiger partial charge in [0.15, 0.2) is 0 Å². The molecule has 4 rings (SSSR count). The lowest BCUT2D eigenvalue weighted by Crippen LogP contribution is -1.78. The van der Waals surface area contributed by atoms with E-state index in [2.05, 4.69) is 33.9 Å². The van der Waals surface area contributed by atoms with Crippen LogP contribution in [0.4, 0.5) is 0 Å². The molecule has 0 unspecified atom stereocenters. The zero-order valence-electron chi connectivity index (χ0n) is 10.8. The third kappa shape index (κ3) is 1.68. The molecule has 20 heavy (non-hydrogen) atoms. The number of aromatic nitrogens is 2. The fourth-order valence-corrected chi connectivity index (χ4v) is 3.11. The van der Waals surface area contributed by atoms with Gasteiger partial charge >= 0.3 is 0 Å². The van der Waals surface area contributed by atoms with Gasteiger partial charge in [-0.25, -0.2) is 4.98 Å². The minimum absolute atomic E-state index is 0.839. The summed E-state index contributed by atoms with van der Waals surface area (Å²) in [6.45, 7) is 2.06. The van der Waals surface area contributed by atoms with Crippen molar-refractivity contribution in [1.29, 1.82) is 0 Å². The van der Waals surface area contributed by atoms with E-state index in [1.807, 2.05) is 30.3 Å². The summed E-state index contributed by atoms with van der Waals surface area (Å²) in [6.07, 6.45) is 1.76. The number of rotatable bonds is 1. The maximum absolute atomic E-state index is 5.58. The summed E-state index contributed by atoms with van der Waals surface area (Å²) in [5, 5.41) is 1.07. The first kappa shape index (κ1) is 11.7. The monoisotopic (exact) mass is 326 g/mol. The van der Waals surface area contributed by atoms with Crippen molar-refractivity contribution in [3.8, 4) is 11.4 Å². The zero-order valence-corrected chi connectivity index (χ0v) is 12.4. The predicted octanol–water partition coefficient (Wildman–Crippen LogP) is 5.05. The van der Waals surface area contributed by atoms with Gasteiger partial charge in [0, 0.05) is 9.86 Å². The smallest absolute Gasteiger partial charge is 0.142 e. The van der Waals surface area contributed by atoms with Crippen molar-refractivity contribution in [2.45, 2.75) is 6.92 Å². The van der Waals surface area contributed by atoms with Crippen LogP contribution in [0.15, 0.2) is 51.6 Å². The molecule has 0 saturated carbocycles. The molecule has 0 aliphatic carbocycles. The first-order valence-electron chi connectivity index (χ1n) is 6.35. The predicted molar refractivity (Wildman–Crippen MR) is 83.7 cm³/mol. The molecular weight excluding hydrogens is 316 g/mol. The Kier molecular flexibility index (Phi) is 2.47. The number of fused-ring (bicyclic) bond motifs is 2. The highest BCUT2D eigenvalue weighted by Gasteiger charge is 2.13. The first-order valence-corrected chi connectivity index (χ1v) is 7.14. The van der Waals surface area contributed by atoms with Gasteiger partial charge in [-0.05, 0) is 30.7 Å². The Balaban J connectivity index is 2.01. The van der Waals surface area contributed by atoms with E-state index in [0.29, 0.717) is 0 Å². The second-order valence-electron chi connectivity index (χ2n) is 4.85. The molecule has 0 fully saturated rings. The van der Waals surface area contributed by atoms with Crippen LogP contribution in [0, 0.1) is 6.92 Å². The van der Waals surface area contributed by atoms with E-state index < -0.39 is 0 Å². The van der Waals surface area contributed by atoms with Gasteiger partial charge in [0.25, 0.3) is 0 Å². The Morgan fingerprint density at radius 3 is 2.95 bits per heavy atom. The van der Waals surface area contributed by atoms with E-state index in [4.69, 9.17) is 9.40 Å². The molecule has 4 aromatic rings. The molecule has 98 valence electrons. The van der Waals surface area contributed by atoms with E-state index in [1.165, 1.54) is 0 Å². The molecule has 0 amide bonds. The van der Waals surface area contributed by atoms with Crippen molar-refractivity contribution in [2.75, 3.05) is 0 Å². The summed E-state index contributed by atoms with van der Waals surface area (Å²) in [4.78, 5) is 8.08. The highest BCUT2D eigenvalue weighted by Crippen LogP contribution is 2.31. The quantitative estimate of drug-likeness (QED) is 0.532. The number of nitrogens with zero attached hydrogens (tertiary/aromatic N) is 1. The van der Waals surface area contributed by atoms with Crippen LogP contribution in [0.1, 0.15) is 5.56 Å². The third-order valence-electron chi connectivity index (χ3n) is 3.48. The van der Waals surface area contributed by atoms with Crippen LogP contribution >= 0.6 is 15.9 Å². The molecule has 0 saturated heterocycles. The van der Waals surface area contributed by atoms with Crippen LogP contribution < -0.4 is 0 Å². The molecule has 2 heterocycles. The van der Waals surface area contributed by atoms with Crippen molar-refractivity contribution >= 4 is 37.9 Å². The second-order valence-corrected chi connectivity index (χ2v) is 5.77. The van der Waals surface area contributed by atoms with Crippen molar-refractivity contribution in [1.82, 2.24) is 9.97 Å². The van der Waals surface area contributed by atoms with Crippen LogP contribution in [-0.2, 0) is 0 Å². The molecule has 0 spiro atoms. The number of para-hydroxylation sites is 1. The lowest BCUT2D eigenvalue weighted by Gasteiger charge is -1.94. The van der Waals surface area contributed by atoms with Crippen molar-refractivity contribution in [3.63, 3.8) is 0 Å². The minimum atomic E-state index is 0.839. The number of benzene rings is 2. The fraction of sp³-hybridized carbons (Fsp3) is 0.0625. The normalized spacial score (nSPS) is 11.5. The molecule has 1 N–H and O–H groups in total. The Morgan fingerprint density at radius 2 is 2.05 bits per heavy atom. The van der Waals surface area contributed by atoms with E-state index in [9.17, 15) is 0 Å². The second kappa shape index (κ2) is 4.21. The SMILES string of the molecule is Cc1cc(Br)cc2[nH]c(-c3coc4ccccc34)nc12. The van der Waals surface area contributed by atoms with E-state index in [0.717, 1.165) is 43.4 Å². The zero-order chi connectivity index (χ0) is 13.7. The molecule has 4 heteroatoms. The molecule has 2 aromatic heterocycles. The van der Waals surface area contributed by atoms with Crippen molar-refractivity contribution < 1.29 is 4.42 Å². The summed E-state index contributed by atoms with van der Waals surface area (Å²) < 4.78 is 6.63. The number of H-pyrrole nitrogens is 1. The summed E-state index contributed by atoms with van der Waals surface area (Å²) >= 11 is 3.51. The number of furan rings is 1. The Bertz CT molecular complexity index is 936. The van der Waals surface area contributed by atoms with Gasteiger partial charge in [-0.15, -0.1) is 0 Å². The number of hydrogen-bond donors (Lipinski definition) is 1. The van der Waals surface area contributed by atoms with E-state index in [-0.39, 0.29) is 0 Å². The van der Waals surface area contributed by atoms with Gasteiger partial charge < -0.3 is 9.40 Å². The third-order valence-corrected chi connectivity index (χ3v) is 3.94. The number of aromatic amines is 1. The van der Waals surface area contributed by atoms with Crippen LogP contribution in [-0.4, -0.2) is 9.97 Å². The van der Waals surface area contributed by atoms with Gasteiger partial charge in [-0.2, -0.15) is 0 Å². The van der Waals surface area contributed by atoms with Crippen molar-refractivity contribution in [3.05, 3.63) is 52.7 Å². The topological polar surface area (TPSA) is 41.8 Å². The summed E-state index contributed by atoms with van der Waals surface area (Å²) in [5.74, 6) is 0.839. The van der Waals surface area contributed by atoms with Crippen LogP contribution in [0.3, 0.4) is 0 Å². The Morgan fingerprint density at radius 1 is 1.20 bits per heavy atom. The Hall–Kier alpha value is -2.07. The van der Waals surface area contributed by atoms with Crippen molar-refractivity contribution in [2.24, 2.45) is 0 Å². The van der Waals surface area contributed by atoms with Crippen LogP contribution in [0.25, 0.3) is 33.4 Å². The molecule has 0 aliphatic rings. The average Bonchev–Trinajstić information content (AvgIpc) is 3.01. The van der Waals surface area contributed by atoms with Crippen LogP contribution in [0.5, 0.6) is 0 Å². The van der Waals surface area contributed by atoms with Gasteiger partial charge in [0.05, 0.1) is 16.6 Å². The number of halogens is 1. The number of nitrogens with one attached hydrogen (secondary N) is 1. The van der Waals surface area contributed by atoms with Gasteiger partial charge in [-0.1, -0.05) is 34.1 Å². The molecule has 2 aromatic carbocycles. The molecule has 0 aliphatic heterocycles. The lowest BCUT2D eigenvalue weighted by molar-refractivity contribution is 0.616. The summed E-state index contributed by atoms with van der Waals surface area (Å²) in [5.41, 5.74) is 5.03. The molecule has 0 atom stereocenters. The van der Waals surface area contributed by atoms with E-state index >= 15 is 0 Å². The largest absolute Gasteiger partial charge is 0.464 e. The van der Waals surface area contributed by atoms with E-state index in [1.54, 1.807) is 6.26 Å². The molecular formula is C16H11BrN2O. The summed E-state index contributed by atoms with van der Waals surface area (Å²) in [6, 6.07) is 12.1. The Labute approximate surface area is 123 Å². The number of hydrogen-bond acceptors (Lipinski definition) is 2. The van der Waals surface area contributed by atoms with Gasteiger partial charge in [0.1, 0.15) is 17.7 Å². The van der Waals surface area contributed by atoms with Crippen LogP contribution in [0.2, 0.25) is 0 Å². The first-order chi connectivity index (χ1) is 9.72. The molecule has 0 radical (unpaired) electrons. The lowest BCUT2D eigenvalue weighted by atomic mass is 10.2. The standard InChI is InChI=1S/C16H11BrN2O/c1-9-6-10(17)7-13-15(9)19-16(18-13)12-8-20-14-5-3-2-4-11(12)14/h2-8H,1H3,(H,18,19). The number of imidazole rings is 1. The number of aryl methyl sites for hydroxylation is 1. The average molecular weight is 327 g/mol. The van der Waals surface area contributed by atoms with Gasteiger partial charge in [0.2, 0.25) is 0 Å². The molecule has 3 nitrogen and oxygen atoms in total. The maximum Gasteiger partial charge on any atom is 0.142 e. The maximum atomic E-state index is 5.58.